The second-order valence-electron chi connectivity index (χ2n) is 3.94. The molecule has 0 radical (unpaired) electrons. The molecule has 1 fully saturated rings. The average molecular weight is 184 g/mol. The van der Waals surface area contributed by atoms with Crippen molar-refractivity contribution < 1.29 is 4.79 Å². The molecule has 1 aliphatic carbocycles. The quantitative estimate of drug-likeness (QED) is 0.713. The van der Waals surface area contributed by atoms with Crippen LogP contribution in [0.2, 0.25) is 0 Å². The van der Waals surface area contributed by atoms with E-state index in [-0.39, 0.29) is 6.03 Å². The molecular weight excluding hydrogens is 164 g/mol. The van der Waals surface area contributed by atoms with Gasteiger partial charge in [0.25, 0.3) is 0 Å². The summed E-state index contributed by atoms with van der Waals surface area (Å²) in [6, 6.07) is 0.400. The third-order valence-electron chi connectivity index (χ3n) is 3.03. The minimum absolute atomic E-state index is 0.0573. The number of nitrogens with one attached hydrogen (secondary N) is 1. The van der Waals surface area contributed by atoms with Crippen molar-refractivity contribution in [3.63, 3.8) is 0 Å². The molecule has 3 heteroatoms. The first-order chi connectivity index (χ1) is 6.15. The van der Waals surface area contributed by atoms with Crippen molar-refractivity contribution >= 4 is 6.03 Å². The summed E-state index contributed by atoms with van der Waals surface area (Å²) >= 11 is 0. The Labute approximate surface area is 80.5 Å². The summed E-state index contributed by atoms with van der Waals surface area (Å²) < 4.78 is 0. The number of rotatable bonds is 3. The van der Waals surface area contributed by atoms with Gasteiger partial charge in [0.2, 0.25) is 0 Å². The molecule has 1 N–H and O–H groups in total. The van der Waals surface area contributed by atoms with Gasteiger partial charge in [-0.3, -0.25) is 0 Å². The largest absolute Gasteiger partial charge is 0.335 e. The number of carbonyl (C=O) groups is 1. The smallest absolute Gasteiger partial charge is 0.317 e. The number of amides is 2. The zero-order valence-electron chi connectivity index (χ0n) is 8.84. The van der Waals surface area contributed by atoms with Crippen LogP contribution < -0.4 is 5.32 Å². The van der Waals surface area contributed by atoms with Crippen LogP contribution in [0.15, 0.2) is 0 Å². The first kappa shape index (κ1) is 10.4. The standard InChI is InChI=1S/C10H20N2O/c1-4-12(3)10(13)11-8(2)9-6-5-7-9/h8-9H,4-7H2,1-3H3,(H,11,13). The lowest BCUT2D eigenvalue weighted by Crippen LogP contribution is -2.46. The van der Waals surface area contributed by atoms with Crippen LogP contribution in [0.1, 0.15) is 33.1 Å². The molecule has 0 spiro atoms. The highest BCUT2D eigenvalue weighted by Gasteiger charge is 2.25. The molecule has 0 aromatic rings. The highest BCUT2D eigenvalue weighted by molar-refractivity contribution is 5.74. The van der Waals surface area contributed by atoms with E-state index in [1.807, 2.05) is 14.0 Å². The SMILES string of the molecule is CCN(C)C(=O)NC(C)C1CCC1. The minimum Gasteiger partial charge on any atom is -0.335 e. The van der Waals surface area contributed by atoms with Crippen LogP contribution >= 0.6 is 0 Å². The highest BCUT2D eigenvalue weighted by atomic mass is 16.2. The molecule has 76 valence electrons. The topological polar surface area (TPSA) is 32.3 Å². The van der Waals surface area contributed by atoms with Crippen molar-refractivity contribution in [2.45, 2.75) is 39.2 Å². The van der Waals surface area contributed by atoms with E-state index in [1.165, 1.54) is 19.3 Å². The zero-order valence-corrected chi connectivity index (χ0v) is 8.84. The van der Waals surface area contributed by atoms with Gasteiger partial charge in [-0.25, -0.2) is 4.79 Å². The summed E-state index contributed by atoms with van der Waals surface area (Å²) in [4.78, 5) is 13.1. The Hall–Kier alpha value is -0.730. The molecule has 1 atom stereocenters. The number of hydrogen-bond acceptors (Lipinski definition) is 1. The van der Waals surface area contributed by atoms with E-state index >= 15 is 0 Å². The van der Waals surface area contributed by atoms with Gasteiger partial charge in [0.1, 0.15) is 0 Å². The predicted octanol–water partition coefficient (Wildman–Crippen LogP) is 1.84. The number of nitrogens with zero attached hydrogens (tertiary/aromatic N) is 1. The molecule has 1 saturated carbocycles. The molecule has 3 nitrogen and oxygen atoms in total. The van der Waals surface area contributed by atoms with Crippen LogP contribution in [0.3, 0.4) is 0 Å². The van der Waals surface area contributed by atoms with E-state index in [4.69, 9.17) is 0 Å². The fourth-order valence-corrected chi connectivity index (χ4v) is 1.51. The Morgan fingerprint density at radius 2 is 2.23 bits per heavy atom. The second-order valence-corrected chi connectivity index (χ2v) is 3.94. The van der Waals surface area contributed by atoms with Gasteiger partial charge in [-0.2, -0.15) is 0 Å². The van der Waals surface area contributed by atoms with E-state index in [2.05, 4.69) is 12.2 Å². The van der Waals surface area contributed by atoms with Crippen molar-refractivity contribution in [1.82, 2.24) is 10.2 Å². The third kappa shape index (κ3) is 2.61. The van der Waals surface area contributed by atoms with Gasteiger partial charge in [0.15, 0.2) is 0 Å². The monoisotopic (exact) mass is 184 g/mol. The van der Waals surface area contributed by atoms with Crippen molar-refractivity contribution in [2.75, 3.05) is 13.6 Å². The molecule has 13 heavy (non-hydrogen) atoms. The summed E-state index contributed by atoms with van der Waals surface area (Å²) in [5.74, 6) is 0.717. The van der Waals surface area contributed by atoms with Crippen LogP contribution in [0.4, 0.5) is 4.79 Å². The normalized spacial score (nSPS) is 19.0. The third-order valence-corrected chi connectivity index (χ3v) is 3.03. The van der Waals surface area contributed by atoms with Crippen molar-refractivity contribution in [2.24, 2.45) is 5.92 Å². The Balaban J connectivity index is 2.26. The van der Waals surface area contributed by atoms with E-state index < -0.39 is 0 Å². The molecule has 1 unspecified atom stereocenters. The van der Waals surface area contributed by atoms with Crippen molar-refractivity contribution in [3.8, 4) is 0 Å². The van der Waals surface area contributed by atoms with Crippen LogP contribution in [0.25, 0.3) is 0 Å². The summed E-state index contributed by atoms with van der Waals surface area (Å²) in [6.45, 7) is 4.85. The van der Waals surface area contributed by atoms with Gasteiger partial charge in [-0.15, -0.1) is 0 Å². The van der Waals surface area contributed by atoms with E-state index in [0.29, 0.717) is 12.0 Å². The van der Waals surface area contributed by atoms with E-state index in [0.717, 1.165) is 6.54 Å². The summed E-state index contributed by atoms with van der Waals surface area (Å²) in [6.07, 6.45) is 3.88. The molecule has 0 saturated heterocycles. The second kappa shape index (κ2) is 4.49. The van der Waals surface area contributed by atoms with Crippen LogP contribution in [-0.2, 0) is 0 Å². The minimum atomic E-state index is 0.0573. The maximum absolute atomic E-state index is 11.4. The molecule has 2 amide bonds. The molecule has 0 aliphatic heterocycles. The van der Waals surface area contributed by atoms with Crippen LogP contribution in [-0.4, -0.2) is 30.6 Å². The average Bonchev–Trinajstić information content (AvgIpc) is 1.99. The maximum atomic E-state index is 11.4. The Morgan fingerprint density at radius 3 is 2.62 bits per heavy atom. The molecule has 0 aromatic heterocycles. The maximum Gasteiger partial charge on any atom is 0.317 e. The number of carbonyl (C=O) groups excluding carboxylic acids is 1. The van der Waals surface area contributed by atoms with Crippen molar-refractivity contribution in [1.29, 1.82) is 0 Å². The lowest BCUT2D eigenvalue weighted by Gasteiger charge is -2.32. The molecule has 0 bridgehead atoms. The van der Waals surface area contributed by atoms with Gasteiger partial charge in [-0.05, 0) is 32.6 Å². The molecule has 0 heterocycles. The first-order valence-corrected chi connectivity index (χ1v) is 5.16. The van der Waals surface area contributed by atoms with Gasteiger partial charge < -0.3 is 10.2 Å². The van der Waals surface area contributed by atoms with Gasteiger partial charge in [0.05, 0.1) is 0 Å². The predicted molar refractivity (Wildman–Crippen MR) is 53.6 cm³/mol. The summed E-state index contributed by atoms with van der Waals surface area (Å²) in [5.41, 5.74) is 0. The van der Waals surface area contributed by atoms with Crippen LogP contribution in [0, 0.1) is 5.92 Å². The Morgan fingerprint density at radius 1 is 1.62 bits per heavy atom. The fourth-order valence-electron chi connectivity index (χ4n) is 1.51. The van der Waals surface area contributed by atoms with Gasteiger partial charge in [0, 0.05) is 19.6 Å². The number of hydrogen-bond donors (Lipinski definition) is 1. The summed E-state index contributed by atoms with van der Waals surface area (Å²) in [7, 11) is 1.82. The fraction of sp³-hybridized carbons (Fsp3) is 0.900. The molecule has 0 aromatic carbocycles. The Kier molecular flexibility index (Phi) is 3.58. The molecule has 1 aliphatic rings. The van der Waals surface area contributed by atoms with Gasteiger partial charge >= 0.3 is 6.03 Å². The molecule has 1 rings (SSSR count). The van der Waals surface area contributed by atoms with Crippen LogP contribution in [0.5, 0.6) is 0 Å². The lowest BCUT2D eigenvalue weighted by molar-refractivity contribution is 0.189. The lowest BCUT2D eigenvalue weighted by atomic mass is 9.80. The van der Waals surface area contributed by atoms with Crippen molar-refractivity contribution in [3.05, 3.63) is 0 Å². The van der Waals surface area contributed by atoms with E-state index in [9.17, 15) is 4.79 Å². The Bertz CT molecular complexity index is 178. The zero-order chi connectivity index (χ0) is 9.84. The highest BCUT2D eigenvalue weighted by Crippen LogP contribution is 2.29. The first-order valence-electron chi connectivity index (χ1n) is 5.16. The number of urea groups is 1. The van der Waals surface area contributed by atoms with Gasteiger partial charge in [-0.1, -0.05) is 6.42 Å². The summed E-state index contributed by atoms with van der Waals surface area (Å²) in [5, 5.41) is 3.02. The van der Waals surface area contributed by atoms with E-state index in [1.54, 1.807) is 4.90 Å². The molecular formula is C10H20N2O.